The molecule has 0 radical (unpaired) electrons. The predicted octanol–water partition coefficient (Wildman–Crippen LogP) is 6.11. The molecule has 2 aromatic rings. The average Bonchev–Trinajstić information content (AvgIpc) is 2.91. The van der Waals surface area contributed by atoms with Gasteiger partial charge in [-0.1, -0.05) is 12.8 Å². The van der Waals surface area contributed by atoms with Gasteiger partial charge in [0.1, 0.15) is 11.5 Å². The number of hydrogen-bond donors (Lipinski definition) is 2. The van der Waals surface area contributed by atoms with Crippen molar-refractivity contribution in [1.82, 2.24) is 0 Å². The zero-order chi connectivity index (χ0) is 27.3. The van der Waals surface area contributed by atoms with Crippen molar-refractivity contribution in [3.05, 3.63) is 54.1 Å². The Labute approximate surface area is 228 Å². The van der Waals surface area contributed by atoms with Gasteiger partial charge in [0.15, 0.2) is 0 Å². The van der Waals surface area contributed by atoms with Crippen molar-refractivity contribution in [2.75, 3.05) is 39.6 Å². The number of aliphatic hydroxyl groups is 2. The van der Waals surface area contributed by atoms with Crippen molar-refractivity contribution in [2.24, 2.45) is 4.99 Å². The molecule has 7 nitrogen and oxygen atoms in total. The minimum Gasteiger partial charge on any atom is -0.494 e. The van der Waals surface area contributed by atoms with Gasteiger partial charge in [0.05, 0.1) is 44.3 Å². The summed E-state index contributed by atoms with van der Waals surface area (Å²) in [4.78, 5) is 4.56. The van der Waals surface area contributed by atoms with Crippen LogP contribution < -0.4 is 9.47 Å². The zero-order valence-electron chi connectivity index (χ0n) is 23.2. The molecule has 0 amide bonds. The first-order chi connectivity index (χ1) is 18.5. The number of aliphatic imine (C=N–C) groups is 1. The maximum Gasteiger partial charge on any atom is 0.119 e. The van der Waals surface area contributed by atoms with E-state index in [1.807, 2.05) is 54.7 Å². The third-order valence-electron chi connectivity index (χ3n) is 5.70. The molecule has 7 heteroatoms. The number of ether oxygens (including phenoxy) is 4. The lowest BCUT2D eigenvalue weighted by Gasteiger charge is -2.08. The van der Waals surface area contributed by atoms with E-state index in [1.165, 1.54) is 0 Å². The molecule has 0 spiro atoms. The number of nitrogens with zero attached hydrogens (tertiary/aromatic N) is 1. The van der Waals surface area contributed by atoms with E-state index in [4.69, 9.17) is 29.2 Å². The van der Waals surface area contributed by atoms with Crippen LogP contribution in [0.25, 0.3) is 0 Å². The minimum atomic E-state index is -0.390. The molecule has 0 saturated carbocycles. The number of unbranched alkanes of at least 4 members (excludes halogenated alkanes) is 6. The molecule has 38 heavy (non-hydrogen) atoms. The summed E-state index contributed by atoms with van der Waals surface area (Å²) in [5, 5.41) is 18.3. The lowest BCUT2D eigenvalue weighted by atomic mass is 10.2. The summed E-state index contributed by atoms with van der Waals surface area (Å²) in [6.07, 6.45) is 9.54. The summed E-state index contributed by atoms with van der Waals surface area (Å²) in [7, 11) is 0. The molecule has 212 valence electrons. The second kappa shape index (κ2) is 20.5. The lowest BCUT2D eigenvalue weighted by Crippen LogP contribution is -2.10. The molecule has 0 aromatic heterocycles. The molecular formula is C31H47NO6. The van der Waals surface area contributed by atoms with E-state index in [0.29, 0.717) is 39.6 Å². The molecule has 2 aromatic carbocycles. The molecule has 2 unspecified atom stereocenters. The Morgan fingerprint density at radius 1 is 0.605 bits per heavy atom. The highest BCUT2D eigenvalue weighted by Gasteiger charge is 1.99. The van der Waals surface area contributed by atoms with E-state index in [-0.39, 0.29) is 6.10 Å². The standard InChI is InChI=1S/C31H47NO6/c1-26(33)24-35-19-7-3-5-9-21-37-30-15-11-28(12-16-30)23-32-29-13-17-31(18-14-29)38-22-10-6-4-8-20-36-25-27(2)34/h11-18,23,26-27,33-34H,3-10,19-22,24-25H2,1-2H3. The summed E-state index contributed by atoms with van der Waals surface area (Å²) in [5.41, 5.74) is 1.90. The van der Waals surface area contributed by atoms with Crippen LogP contribution in [0.4, 0.5) is 5.69 Å². The van der Waals surface area contributed by atoms with Gasteiger partial charge in [0.25, 0.3) is 0 Å². The maximum absolute atomic E-state index is 9.15. The van der Waals surface area contributed by atoms with Gasteiger partial charge in [-0.2, -0.15) is 0 Å². The predicted molar refractivity (Wildman–Crippen MR) is 153 cm³/mol. The van der Waals surface area contributed by atoms with Crippen molar-refractivity contribution in [3.8, 4) is 11.5 Å². The van der Waals surface area contributed by atoms with Crippen LogP contribution in [0.3, 0.4) is 0 Å². The fourth-order valence-corrected chi connectivity index (χ4v) is 3.63. The quantitative estimate of drug-likeness (QED) is 0.141. The van der Waals surface area contributed by atoms with Crippen molar-refractivity contribution < 1.29 is 29.2 Å². The molecule has 0 bridgehead atoms. The summed E-state index contributed by atoms with van der Waals surface area (Å²) in [6, 6.07) is 15.8. The highest BCUT2D eigenvalue weighted by atomic mass is 16.5. The Hall–Kier alpha value is -2.45. The van der Waals surface area contributed by atoms with Gasteiger partial charge >= 0.3 is 0 Å². The highest BCUT2D eigenvalue weighted by molar-refractivity contribution is 5.82. The van der Waals surface area contributed by atoms with Gasteiger partial charge in [-0.25, -0.2) is 0 Å². The smallest absolute Gasteiger partial charge is 0.119 e. The van der Waals surface area contributed by atoms with Crippen molar-refractivity contribution in [3.63, 3.8) is 0 Å². The van der Waals surface area contributed by atoms with E-state index in [2.05, 4.69) is 4.99 Å². The van der Waals surface area contributed by atoms with Crippen LogP contribution >= 0.6 is 0 Å². The number of benzene rings is 2. The van der Waals surface area contributed by atoms with Gasteiger partial charge < -0.3 is 29.2 Å². The number of rotatable bonds is 22. The Bertz CT molecular complexity index is 780. The molecule has 2 atom stereocenters. The SMILES string of the molecule is CC(O)COCCCCCCOc1ccc(C=Nc2ccc(OCCCCCCOCC(C)O)cc2)cc1. The average molecular weight is 530 g/mol. The molecule has 0 saturated heterocycles. The zero-order valence-corrected chi connectivity index (χ0v) is 23.2. The fraction of sp³-hybridized carbons (Fsp3) is 0.581. The van der Waals surface area contributed by atoms with Crippen molar-refractivity contribution in [2.45, 2.75) is 77.4 Å². The Balaban J connectivity index is 1.54. The molecule has 0 heterocycles. The van der Waals surface area contributed by atoms with Crippen LogP contribution in [0.15, 0.2) is 53.5 Å². The van der Waals surface area contributed by atoms with Gasteiger partial charge in [0, 0.05) is 19.4 Å². The van der Waals surface area contributed by atoms with Crippen LogP contribution in [0, 0.1) is 0 Å². The minimum absolute atomic E-state index is 0.390. The molecule has 0 aliphatic rings. The first kappa shape index (κ1) is 31.8. The van der Waals surface area contributed by atoms with E-state index >= 15 is 0 Å². The van der Waals surface area contributed by atoms with Crippen LogP contribution in [-0.4, -0.2) is 68.3 Å². The molecule has 0 aliphatic heterocycles. The number of hydrogen-bond acceptors (Lipinski definition) is 7. The van der Waals surface area contributed by atoms with Gasteiger partial charge in [-0.3, -0.25) is 4.99 Å². The van der Waals surface area contributed by atoms with Crippen LogP contribution in [0.2, 0.25) is 0 Å². The second-order valence-corrected chi connectivity index (χ2v) is 9.69. The fourth-order valence-electron chi connectivity index (χ4n) is 3.63. The first-order valence-electron chi connectivity index (χ1n) is 14.0. The largest absolute Gasteiger partial charge is 0.494 e. The van der Waals surface area contributed by atoms with Crippen LogP contribution in [-0.2, 0) is 9.47 Å². The summed E-state index contributed by atoms with van der Waals surface area (Å²) in [6.45, 7) is 7.11. The van der Waals surface area contributed by atoms with Gasteiger partial charge in [-0.15, -0.1) is 0 Å². The number of aliphatic hydroxyl groups excluding tert-OH is 2. The van der Waals surface area contributed by atoms with Gasteiger partial charge in [-0.05, 0) is 106 Å². The normalized spacial score (nSPS) is 13.1. The first-order valence-corrected chi connectivity index (χ1v) is 14.0. The summed E-state index contributed by atoms with van der Waals surface area (Å²) >= 11 is 0. The third-order valence-corrected chi connectivity index (χ3v) is 5.70. The molecule has 2 rings (SSSR count). The van der Waals surface area contributed by atoms with E-state index in [1.54, 1.807) is 13.8 Å². The van der Waals surface area contributed by atoms with Crippen molar-refractivity contribution in [1.29, 1.82) is 0 Å². The maximum atomic E-state index is 9.15. The van der Waals surface area contributed by atoms with E-state index < -0.39 is 6.10 Å². The summed E-state index contributed by atoms with van der Waals surface area (Å²) < 4.78 is 22.4. The third kappa shape index (κ3) is 16.4. The van der Waals surface area contributed by atoms with Gasteiger partial charge in [0.2, 0.25) is 0 Å². The topological polar surface area (TPSA) is 89.7 Å². The second-order valence-electron chi connectivity index (χ2n) is 9.69. The summed E-state index contributed by atoms with van der Waals surface area (Å²) in [5.74, 6) is 1.73. The lowest BCUT2D eigenvalue weighted by molar-refractivity contribution is 0.0444. The van der Waals surface area contributed by atoms with Crippen LogP contribution in [0.1, 0.15) is 70.8 Å². The van der Waals surface area contributed by atoms with Crippen LogP contribution in [0.5, 0.6) is 11.5 Å². The van der Waals surface area contributed by atoms with E-state index in [0.717, 1.165) is 74.1 Å². The Morgan fingerprint density at radius 3 is 1.47 bits per heavy atom. The molecule has 0 fully saturated rings. The highest BCUT2D eigenvalue weighted by Crippen LogP contribution is 2.19. The monoisotopic (exact) mass is 529 g/mol. The molecule has 2 N–H and O–H groups in total. The Morgan fingerprint density at radius 2 is 1.03 bits per heavy atom. The van der Waals surface area contributed by atoms with Crippen molar-refractivity contribution >= 4 is 11.9 Å². The molecular weight excluding hydrogens is 482 g/mol. The van der Waals surface area contributed by atoms with E-state index in [9.17, 15) is 0 Å². The molecule has 0 aliphatic carbocycles. The Kier molecular flexibility index (Phi) is 17.1.